The molecule has 0 aliphatic carbocycles. The van der Waals surface area contributed by atoms with Crippen LogP contribution >= 0.6 is 11.6 Å². The van der Waals surface area contributed by atoms with Crippen LogP contribution in [0.15, 0.2) is 18.2 Å². The van der Waals surface area contributed by atoms with E-state index in [9.17, 15) is 12.8 Å². The van der Waals surface area contributed by atoms with Crippen LogP contribution in [0.1, 0.15) is 37.0 Å². The fraction of sp³-hybridized carbons (Fsp3) is 0.500. The highest BCUT2D eigenvalue weighted by molar-refractivity contribution is 7.91. The van der Waals surface area contributed by atoms with Crippen LogP contribution in [0, 0.1) is 5.82 Å². The van der Waals surface area contributed by atoms with E-state index in [2.05, 4.69) is 4.98 Å². The molecule has 2 heterocycles. The number of benzene rings is 1. The fourth-order valence-corrected chi connectivity index (χ4v) is 4.78. The number of nitrogens with zero attached hydrogens (tertiary/aromatic N) is 2. The van der Waals surface area contributed by atoms with E-state index in [0.717, 1.165) is 6.42 Å². The lowest BCUT2D eigenvalue weighted by Gasteiger charge is -2.26. The molecule has 1 aliphatic heterocycles. The highest BCUT2D eigenvalue weighted by Gasteiger charge is 2.29. The maximum atomic E-state index is 13.6. The SMILES string of the molecule is CC(Cl)c1nc2ccc(F)cc2n1C1CCCS(=O)(=O)C1. The van der Waals surface area contributed by atoms with Crippen molar-refractivity contribution in [2.45, 2.75) is 31.2 Å². The van der Waals surface area contributed by atoms with E-state index in [1.54, 1.807) is 13.0 Å². The Balaban J connectivity index is 2.19. The number of halogens is 2. The zero-order valence-electron chi connectivity index (χ0n) is 11.6. The molecule has 0 saturated carbocycles. The molecule has 1 fully saturated rings. The van der Waals surface area contributed by atoms with Crippen molar-refractivity contribution < 1.29 is 12.8 Å². The topological polar surface area (TPSA) is 52.0 Å². The minimum absolute atomic E-state index is 0.0611. The molecule has 0 amide bonds. The highest BCUT2D eigenvalue weighted by Crippen LogP contribution is 2.33. The van der Waals surface area contributed by atoms with Crippen LogP contribution < -0.4 is 0 Å². The van der Waals surface area contributed by atoms with Gasteiger partial charge in [0.25, 0.3) is 0 Å². The Labute approximate surface area is 127 Å². The Morgan fingerprint density at radius 1 is 1.48 bits per heavy atom. The molecular formula is C14H16ClFN2O2S. The maximum absolute atomic E-state index is 13.6. The van der Waals surface area contributed by atoms with Gasteiger partial charge < -0.3 is 4.57 Å². The van der Waals surface area contributed by atoms with Crippen molar-refractivity contribution in [1.82, 2.24) is 9.55 Å². The Morgan fingerprint density at radius 3 is 2.90 bits per heavy atom. The summed E-state index contributed by atoms with van der Waals surface area (Å²) in [6.45, 7) is 1.78. The van der Waals surface area contributed by atoms with Crippen LogP contribution in [-0.2, 0) is 9.84 Å². The van der Waals surface area contributed by atoms with Gasteiger partial charge in [-0.3, -0.25) is 0 Å². The van der Waals surface area contributed by atoms with Crippen LogP contribution in [0.5, 0.6) is 0 Å². The molecule has 4 nitrogen and oxygen atoms in total. The lowest BCUT2D eigenvalue weighted by Crippen LogP contribution is -2.28. The van der Waals surface area contributed by atoms with Gasteiger partial charge in [-0.05, 0) is 38.0 Å². The van der Waals surface area contributed by atoms with E-state index in [0.29, 0.717) is 23.3 Å². The van der Waals surface area contributed by atoms with Gasteiger partial charge in [-0.15, -0.1) is 11.6 Å². The molecule has 1 saturated heterocycles. The summed E-state index contributed by atoms with van der Waals surface area (Å²) in [5.74, 6) is 0.512. The summed E-state index contributed by atoms with van der Waals surface area (Å²) < 4.78 is 39.2. The number of sulfone groups is 1. The van der Waals surface area contributed by atoms with Crippen LogP contribution in [0.3, 0.4) is 0 Å². The van der Waals surface area contributed by atoms with Crippen LogP contribution in [0.4, 0.5) is 4.39 Å². The minimum atomic E-state index is -3.06. The molecule has 114 valence electrons. The summed E-state index contributed by atoms with van der Waals surface area (Å²) in [7, 11) is -3.06. The summed E-state index contributed by atoms with van der Waals surface area (Å²) in [4.78, 5) is 4.45. The van der Waals surface area contributed by atoms with E-state index >= 15 is 0 Å². The predicted molar refractivity (Wildman–Crippen MR) is 80.9 cm³/mol. The molecule has 2 atom stereocenters. The number of alkyl halides is 1. The quantitative estimate of drug-likeness (QED) is 0.794. The normalized spacial score (nSPS) is 23.3. The molecule has 0 N–H and O–H groups in total. The number of imidazole rings is 1. The van der Waals surface area contributed by atoms with E-state index in [1.807, 2.05) is 4.57 Å². The molecule has 1 aromatic heterocycles. The summed E-state index contributed by atoms with van der Waals surface area (Å²) in [6, 6.07) is 4.11. The number of hydrogen-bond acceptors (Lipinski definition) is 3. The molecule has 0 spiro atoms. The number of rotatable bonds is 2. The van der Waals surface area contributed by atoms with Gasteiger partial charge in [-0.2, -0.15) is 0 Å². The summed E-state index contributed by atoms with van der Waals surface area (Å²) in [6.07, 6.45) is 1.34. The molecule has 3 rings (SSSR count). The molecule has 21 heavy (non-hydrogen) atoms. The van der Waals surface area contributed by atoms with Gasteiger partial charge in [0.05, 0.1) is 27.9 Å². The third-order valence-corrected chi connectivity index (χ3v) is 5.84. The Bertz CT molecular complexity index is 786. The summed E-state index contributed by atoms with van der Waals surface area (Å²) >= 11 is 6.18. The van der Waals surface area contributed by atoms with Crippen LogP contribution in [0.25, 0.3) is 11.0 Å². The first-order chi connectivity index (χ1) is 9.87. The Hall–Kier alpha value is -1.14. The number of fused-ring (bicyclic) bond motifs is 1. The smallest absolute Gasteiger partial charge is 0.152 e. The van der Waals surface area contributed by atoms with Crippen LogP contribution in [-0.4, -0.2) is 29.5 Å². The highest BCUT2D eigenvalue weighted by atomic mass is 35.5. The van der Waals surface area contributed by atoms with Gasteiger partial charge in [-0.1, -0.05) is 0 Å². The summed E-state index contributed by atoms with van der Waals surface area (Å²) in [5.41, 5.74) is 1.25. The second-order valence-electron chi connectivity index (χ2n) is 5.50. The third-order valence-electron chi connectivity index (χ3n) is 3.84. The second kappa shape index (κ2) is 5.25. The summed E-state index contributed by atoms with van der Waals surface area (Å²) in [5, 5.41) is -0.370. The molecule has 1 aliphatic rings. The van der Waals surface area contributed by atoms with E-state index in [-0.39, 0.29) is 28.7 Å². The second-order valence-corrected chi connectivity index (χ2v) is 8.38. The standard InChI is InChI=1S/C14H16ClFN2O2S/c1-9(15)14-17-12-5-4-10(16)7-13(12)18(14)11-3-2-6-21(19,20)8-11/h4-5,7,9,11H,2-3,6,8H2,1H3. The lowest BCUT2D eigenvalue weighted by molar-refractivity contribution is 0.466. The van der Waals surface area contributed by atoms with E-state index < -0.39 is 9.84 Å². The van der Waals surface area contributed by atoms with Crippen LogP contribution in [0.2, 0.25) is 0 Å². The van der Waals surface area contributed by atoms with Gasteiger partial charge in [-0.25, -0.2) is 17.8 Å². The molecule has 2 unspecified atom stereocenters. The van der Waals surface area contributed by atoms with Gasteiger partial charge in [0.2, 0.25) is 0 Å². The van der Waals surface area contributed by atoms with Crippen molar-refractivity contribution in [2.24, 2.45) is 0 Å². The lowest BCUT2D eigenvalue weighted by atomic mass is 10.1. The Kier molecular flexibility index (Phi) is 3.69. The van der Waals surface area contributed by atoms with Gasteiger partial charge >= 0.3 is 0 Å². The van der Waals surface area contributed by atoms with Crippen molar-refractivity contribution in [1.29, 1.82) is 0 Å². The first-order valence-electron chi connectivity index (χ1n) is 6.89. The van der Waals surface area contributed by atoms with Crippen molar-refractivity contribution >= 4 is 32.5 Å². The first-order valence-corrected chi connectivity index (χ1v) is 9.15. The average molecular weight is 331 g/mol. The zero-order chi connectivity index (χ0) is 15.2. The van der Waals surface area contributed by atoms with Crippen molar-refractivity contribution in [3.05, 3.63) is 29.8 Å². The minimum Gasteiger partial charge on any atom is -0.323 e. The van der Waals surface area contributed by atoms with E-state index in [1.165, 1.54) is 12.1 Å². The largest absolute Gasteiger partial charge is 0.323 e. The molecule has 7 heteroatoms. The zero-order valence-corrected chi connectivity index (χ0v) is 13.2. The molecular weight excluding hydrogens is 315 g/mol. The van der Waals surface area contributed by atoms with E-state index in [4.69, 9.17) is 11.6 Å². The van der Waals surface area contributed by atoms with Gasteiger partial charge in [0.1, 0.15) is 11.6 Å². The molecule has 2 aromatic rings. The number of aromatic nitrogens is 2. The number of hydrogen-bond donors (Lipinski definition) is 0. The van der Waals surface area contributed by atoms with Gasteiger partial charge in [0.15, 0.2) is 9.84 Å². The molecule has 0 bridgehead atoms. The van der Waals surface area contributed by atoms with Crippen molar-refractivity contribution in [2.75, 3.05) is 11.5 Å². The third kappa shape index (κ3) is 2.79. The fourth-order valence-electron chi connectivity index (χ4n) is 2.95. The molecule has 1 aromatic carbocycles. The first kappa shape index (κ1) is 14.8. The molecule has 0 radical (unpaired) electrons. The Morgan fingerprint density at radius 2 is 2.24 bits per heavy atom. The van der Waals surface area contributed by atoms with Gasteiger partial charge in [0, 0.05) is 6.04 Å². The monoisotopic (exact) mass is 330 g/mol. The maximum Gasteiger partial charge on any atom is 0.152 e. The van der Waals surface area contributed by atoms with Crippen molar-refractivity contribution in [3.63, 3.8) is 0 Å². The predicted octanol–water partition coefficient (Wildman–Crippen LogP) is 3.22. The van der Waals surface area contributed by atoms with Crippen molar-refractivity contribution in [3.8, 4) is 0 Å². The average Bonchev–Trinajstić information content (AvgIpc) is 2.76.